The summed E-state index contributed by atoms with van der Waals surface area (Å²) in [5.41, 5.74) is 2.85. The van der Waals surface area contributed by atoms with Crippen molar-refractivity contribution < 1.29 is 24.3 Å². The van der Waals surface area contributed by atoms with Crippen LogP contribution in [0.4, 0.5) is 11.4 Å². The van der Waals surface area contributed by atoms with Crippen LogP contribution < -0.4 is 9.80 Å². The molecule has 3 aromatic rings. The number of aromatic hydroxyl groups is 1. The van der Waals surface area contributed by atoms with Crippen LogP contribution in [0.15, 0.2) is 91.0 Å². The van der Waals surface area contributed by atoms with E-state index in [-0.39, 0.29) is 35.8 Å². The summed E-state index contributed by atoms with van der Waals surface area (Å²) in [4.78, 5) is 58.6. The van der Waals surface area contributed by atoms with Crippen LogP contribution in [0.2, 0.25) is 10.0 Å². The average Bonchev–Trinajstić information content (AvgIpc) is 3.42. The fourth-order valence-electron chi connectivity index (χ4n) is 7.81. The van der Waals surface area contributed by atoms with E-state index in [0.29, 0.717) is 45.4 Å². The second kappa shape index (κ2) is 10.8. The molecule has 44 heavy (non-hydrogen) atoms. The summed E-state index contributed by atoms with van der Waals surface area (Å²) in [5, 5.41) is 12.5. The molecule has 0 aromatic heterocycles. The molecule has 7 nitrogen and oxygen atoms in total. The van der Waals surface area contributed by atoms with Crippen molar-refractivity contribution in [1.29, 1.82) is 0 Å². The summed E-state index contributed by atoms with van der Waals surface area (Å²) in [6.07, 6.45) is 4.63. The lowest BCUT2D eigenvalue weighted by atomic mass is 9.57. The van der Waals surface area contributed by atoms with Gasteiger partial charge in [0, 0.05) is 21.5 Å². The van der Waals surface area contributed by atoms with Gasteiger partial charge in [-0.2, -0.15) is 0 Å². The Bertz CT molecular complexity index is 1770. The van der Waals surface area contributed by atoms with E-state index in [0.717, 1.165) is 5.57 Å². The van der Waals surface area contributed by atoms with Crippen LogP contribution in [0.25, 0.3) is 0 Å². The predicted octanol–water partition coefficient (Wildman–Crippen LogP) is 6.47. The van der Waals surface area contributed by atoms with Gasteiger partial charge in [0.1, 0.15) is 5.75 Å². The summed E-state index contributed by atoms with van der Waals surface area (Å²) in [6.45, 7) is 3.80. The number of fused-ring (bicyclic) bond motifs is 4. The molecule has 0 bridgehead atoms. The first-order valence-electron chi connectivity index (χ1n) is 14.6. The summed E-state index contributed by atoms with van der Waals surface area (Å²) >= 11 is 12.2. The highest BCUT2D eigenvalue weighted by molar-refractivity contribution is 6.31. The number of phenolic OH excluding ortho intramolecular Hbond substituents is 1. The average molecular weight is 628 g/mol. The van der Waals surface area contributed by atoms with Crippen LogP contribution in [0.3, 0.4) is 0 Å². The van der Waals surface area contributed by atoms with Gasteiger partial charge < -0.3 is 5.11 Å². The van der Waals surface area contributed by atoms with E-state index in [1.54, 1.807) is 66.7 Å². The van der Waals surface area contributed by atoms with Crippen molar-refractivity contribution in [2.45, 2.75) is 25.2 Å². The quantitative estimate of drug-likeness (QED) is 0.259. The smallest absolute Gasteiger partial charge is 0.238 e. The maximum Gasteiger partial charge on any atom is 0.238 e. The molecule has 3 fully saturated rings. The molecule has 4 amide bonds. The van der Waals surface area contributed by atoms with Crippen LogP contribution in [0, 0.1) is 29.6 Å². The molecule has 3 aromatic carbocycles. The number of benzene rings is 3. The number of carbonyl (C=O) groups is 4. The molecule has 6 atom stereocenters. The number of hydrogen-bond acceptors (Lipinski definition) is 5. The topological polar surface area (TPSA) is 95.0 Å². The fourth-order valence-corrected chi connectivity index (χ4v) is 8.06. The number of nitrogens with zero attached hydrogens (tertiary/aromatic N) is 2. The first-order valence-corrected chi connectivity index (χ1v) is 15.3. The van der Waals surface area contributed by atoms with Gasteiger partial charge in [0.25, 0.3) is 0 Å². The van der Waals surface area contributed by atoms with Gasteiger partial charge in [0.15, 0.2) is 0 Å². The van der Waals surface area contributed by atoms with Crippen molar-refractivity contribution in [3.05, 3.63) is 112 Å². The van der Waals surface area contributed by atoms with Gasteiger partial charge in [-0.1, -0.05) is 59.1 Å². The lowest BCUT2D eigenvalue weighted by Gasteiger charge is -2.44. The van der Waals surface area contributed by atoms with E-state index in [9.17, 15) is 24.3 Å². The molecule has 1 N–H and O–H groups in total. The Kier molecular flexibility index (Phi) is 6.98. The van der Waals surface area contributed by atoms with Crippen LogP contribution in [-0.2, 0) is 25.6 Å². The van der Waals surface area contributed by atoms with Crippen molar-refractivity contribution in [3.63, 3.8) is 0 Å². The van der Waals surface area contributed by atoms with Crippen LogP contribution in [-0.4, -0.2) is 28.7 Å². The Morgan fingerprint density at radius 3 is 1.91 bits per heavy atom. The summed E-state index contributed by atoms with van der Waals surface area (Å²) in [6, 6.07) is 18.5. The van der Waals surface area contributed by atoms with Crippen molar-refractivity contribution in [3.8, 4) is 5.75 Å². The van der Waals surface area contributed by atoms with E-state index in [1.807, 2.05) is 12.1 Å². The normalized spacial score (nSPS) is 27.6. The summed E-state index contributed by atoms with van der Waals surface area (Å²) < 4.78 is 0. The van der Waals surface area contributed by atoms with Crippen molar-refractivity contribution in [2.75, 3.05) is 9.80 Å². The highest BCUT2D eigenvalue weighted by Gasteiger charge is 2.62. The number of anilines is 2. The molecule has 1 saturated carbocycles. The molecule has 9 heteroatoms. The van der Waals surface area contributed by atoms with Crippen molar-refractivity contribution in [2.24, 2.45) is 29.6 Å². The molecule has 2 saturated heterocycles. The van der Waals surface area contributed by atoms with E-state index in [4.69, 9.17) is 23.2 Å². The first kappa shape index (κ1) is 28.6. The van der Waals surface area contributed by atoms with Gasteiger partial charge in [-0.05, 0) is 79.3 Å². The zero-order valence-electron chi connectivity index (χ0n) is 23.5. The number of para-hydroxylation sites is 1. The monoisotopic (exact) mass is 626 g/mol. The Hall–Kier alpha value is -4.20. The van der Waals surface area contributed by atoms with Crippen LogP contribution in [0.1, 0.15) is 29.9 Å². The highest BCUT2D eigenvalue weighted by atomic mass is 35.5. The minimum Gasteiger partial charge on any atom is -0.507 e. The predicted molar refractivity (Wildman–Crippen MR) is 167 cm³/mol. The Balaban J connectivity index is 1.35. The number of carbonyl (C=O) groups excluding carboxylic acids is 4. The van der Waals surface area contributed by atoms with Gasteiger partial charge >= 0.3 is 0 Å². The lowest BCUT2D eigenvalue weighted by Crippen LogP contribution is -2.43. The SMILES string of the molecule is C=CCc1cccc(C2C3=CCC4C(=O)N(c5ccc(Cl)cc5)C(=O)C4C3CC3C(=O)N(c4ccc(Cl)cc4)C(=O)C32)c1O. The lowest BCUT2D eigenvalue weighted by molar-refractivity contribution is -0.126. The molecule has 2 aliphatic heterocycles. The number of rotatable bonds is 5. The minimum absolute atomic E-state index is 0.0432. The number of amides is 4. The van der Waals surface area contributed by atoms with Gasteiger partial charge in [0.2, 0.25) is 23.6 Å². The number of imide groups is 2. The molecule has 2 heterocycles. The van der Waals surface area contributed by atoms with Gasteiger partial charge in [-0.3, -0.25) is 29.0 Å². The summed E-state index contributed by atoms with van der Waals surface area (Å²) in [7, 11) is 0. The molecule has 7 rings (SSSR count). The Morgan fingerprint density at radius 2 is 1.32 bits per heavy atom. The van der Waals surface area contributed by atoms with E-state index in [2.05, 4.69) is 6.58 Å². The molecule has 2 aliphatic carbocycles. The second-order valence-corrected chi connectivity index (χ2v) is 12.7. The zero-order chi connectivity index (χ0) is 30.9. The summed E-state index contributed by atoms with van der Waals surface area (Å²) in [5.74, 6) is -5.27. The number of hydrogen-bond donors (Lipinski definition) is 1. The third-order valence-corrected chi connectivity index (χ3v) is 10.2. The highest BCUT2D eigenvalue weighted by Crippen LogP contribution is 2.59. The third-order valence-electron chi connectivity index (χ3n) is 9.67. The minimum atomic E-state index is -0.790. The Labute approximate surface area is 264 Å². The first-order chi connectivity index (χ1) is 21.2. The molecule has 0 radical (unpaired) electrons. The van der Waals surface area contributed by atoms with Gasteiger partial charge in [-0.15, -0.1) is 6.58 Å². The van der Waals surface area contributed by atoms with Gasteiger partial charge in [-0.25, -0.2) is 0 Å². The second-order valence-electron chi connectivity index (χ2n) is 11.8. The van der Waals surface area contributed by atoms with E-state index >= 15 is 0 Å². The largest absolute Gasteiger partial charge is 0.507 e. The molecule has 0 spiro atoms. The molecule has 222 valence electrons. The molecular weight excluding hydrogens is 599 g/mol. The standard InChI is InChI=1S/C35H28Cl2N2O5/c1-2-4-18-5-3-6-24(31(18)40)28-23-15-16-25-29(34(43)38(32(25)41)21-11-7-19(36)8-12-21)26(23)17-27-30(28)35(44)39(33(27)42)22-13-9-20(37)10-14-22/h2-3,5-15,25-30,40H,1,4,16-17H2. The number of allylic oxidation sites excluding steroid dienone is 3. The number of phenols is 1. The van der Waals surface area contributed by atoms with E-state index in [1.165, 1.54) is 9.80 Å². The van der Waals surface area contributed by atoms with Crippen molar-refractivity contribution >= 4 is 58.2 Å². The zero-order valence-corrected chi connectivity index (χ0v) is 25.0. The third kappa shape index (κ3) is 4.25. The molecule has 6 unspecified atom stereocenters. The van der Waals surface area contributed by atoms with Gasteiger partial charge in [0.05, 0.1) is 35.0 Å². The number of halogens is 2. The fraction of sp³-hybridized carbons (Fsp3) is 0.257. The molecular formula is C35H28Cl2N2O5. The van der Waals surface area contributed by atoms with Crippen LogP contribution >= 0.6 is 23.2 Å². The maximum atomic E-state index is 14.2. The Morgan fingerprint density at radius 1 is 0.750 bits per heavy atom. The van der Waals surface area contributed by atoms with Crippen LogP contribution in [0.5, 0.6) is 5.75 Å². The van der Waals surface area contributed by atoms with Crippen molar-refractivity contribution in [1.82, 2.24) is 0 Å². The maximum absolute atomic E-state index is 14.2. The van der Waals surface area contributed by atoms with E-state index < -0.39 is 35.5 Å². The molecule has 4 aliphatic rings.